The summed E-state index contributed by atoms with van der Waals surface area (Å²) in [6.07, 6.45) is 2.91. The van der Waals surface area contributed by atoms with E-state index in [0.717, 1.165) is 17.7 Å². The first-order chi connectivity index (χ1) is 10.4. The smallest absolute Gasteiger partial charge is 0.311 e. The molecule has 0 unspecified atom stereocenters. The topological polar surface area (TPSA) is 65.1 Å². The van der Waals surface area contributed by atoms with Crippen LogP contribution in [0.25, 0.3) is 11.2 Å². The van der Waals surface area contributed by atoms with Crippen molar-refractivity contribution in [2.75, 3.05) is 13.1 Å². The van der Waals surface area contributed by atoms with Crippen LogP contribution < -0.4 is 11.2 Å². The fourth-order valence-electron chi connectivity index (χ4n) is 3.63. The van der Waals surface area contributed by atoms with Gasteiger partial charge < -0.3 is 4.57 Å². The molecule has 7 heteroatoms. The average Bonchev–Trinajstić information content (AvgIpc) is 2.85. The molecule has 22 heavy (non-hydrogen) atoms. The highest BCUT2D eigenvalue weighted by molar-refractivity contribution is 5.69. The molecule has 1 fully saturated rings. The van der Waals surface area contributed by atoms with Crippen molar-refractivity contribution in [3.63, 3.8) is 0 Å². The summed E-state index contributed by atoms with van der Waals surface area (Å²) in [5, 5.41) is 0. The van der Waals surface area contributed by atoms with Crippen molar-refractivity contribution in [1.29, 1.82) is 0 Å². The Balaban J connectivity index is 2.02. The lowest BCUT2D eigenvalue weighted by atomic mass is 9.92. The number of aromatic nitrogens is 4. The third-order valence-corrected chi connectivity index (χ3v) is 4.51. The van der Waals surface area contributed by atoms with Crippen LogP contribution in [0.4, 0.5) is 0 Å². The maximum Gasteiger partial charge on any atom is 0.332 e. The Morgan fingerprint density at radius 2 is 1.77 bits per heavy atom. The molecule has 0 bridgehead atoms. The van der Waals surface area contributed by atoms with E-state index in [1.165, 1.54) is 18.0 Å². The van der Waals surface area contributed by atoms with Gasteiger partial charge in [0.2, 0.25) is 0 Å². The van der Waals surface area contributed by atoms with E-state index in [2.05, 4.69) is 23.7 Å². The van der Waals surface area contributed by atoms with Crippen LogP contribution in [0.1, 0.15) is 20.3 Å². The van der Waals surface area contributed by atoms with Crippen molar-refractivity contribution >= 4 is 11.2 Å². The summed E-state index contributed by atoms with van der Waals surface area (Å²) in [7, 11) is 3.15. The summed E-state index contributed by atoms with van der Waals surface area (Å²) in [6, 6.07) is 0. The van der Waals surface area contributed by atoms with Crippen LogP contribution in [0, 0.1) is 11.8 Å². The summed E-state index contributed by atoms with van der Waals surface area (Å²) in [5.41, 5.74) is 0.318. The number of fused-ring (bicyclic) bond motifs is 1. The zero-order valence-electron chi connectivity index (χ0n) is 13.6. The molecular formula is C15H23N5O2. The predicted octanol–water partition coefficient (Wildman–Crippen LogP) is 0.369. The van der Waals surface area contributed by atoms with Crippen LogP contribution >= 0.6 is 0 Å². The number of hydrogen-bond donors (Lipinski definition) is 0. The molecule has 1 saturated heterocycles. The van der Waals surface area contributed by atoms with Crippen molar-refractivity contribution in [1.82, 2.24) is 23.6 Å². The maximum absolute atomic E-state index is 12.4. The normalized spacial score (nSPS) is 23.3. The van der Waals surface area contributed by atoms with Gasteiger partial charge >= 0.3 is 5.69 Å². The molecule has 0 N–H and O–H groups in total. The minimum atomic E-state index is -0.344. The fourth-order valence-corrected chi connectivity index (χ4v) is 3.63. The first-order valence-corrected chi connectivity index (χ1v) is 7.71. The monoisotopic (exact) mass is 305 g/mol. The van der Waals surface area contributed by atoms with Gasteiger partial charge in [-0.05, 0) is 18.3 Å². The SMILES string of the molecule is C[C@@H]1C[C@H](C)CN(Cn2cnc3c2c(=O)n(C)c(=O)n3C)C1. The second-order valence-corrected chi connectivity index (χ2v) is 6.72. The molecule has 1 aliphatic rings. The van der Waals surface area contributed by atoms with Crippen LogP contribution in [0.3, 0.4) is 0 Å². The van der Waals surface area contributed by atoms with Gasteiger partial charge in [0.15, 0.2) is 11.2 Å². The molecule has 0 aliphatic carbocycles. The second-order valence-electron chi connectivity index (χ2n) is 6.72. The molecule has 0 amide bonds. The van der Waals surface area contributed by atoms with Crippen molar-refractivity contribution in [3.05, 3.63) is 27.2 Å². The molecule has 120 valence electrons. The Morgan fingerprint density at radius 1 is 1.14 bits per heavy atom. The largest absolute Gasteiger partial charge is 0.332 e. The van der Waals surface area contributed by atoms with Gasteiger partial charge in [-0.25, -0.2) is 9.78 Å². The van der Waals surface area contributed by atoms with Gasteiger partial charge in [0, 0.05) is 27.2 Å². The Hall–Kier alpha value is -1.89. The molecule has 3 heterocycles. The van der Waals surface area contributed by atoms with Crippen LogP contribution in [0.15, 0.2) is 15.9 Å². The number of piperidine rings is 1. The van der Waals surface area contributed by atoms with Crippen molar-refractivity contribution in [2.45, 2.75) is 26.9 Å². The third kappa shape index (κ3) is 2.39. The highest BCUT2D eigenvalue weighted by Gasteiger charge is 2.23. The first kappa shape index (κ1) is 15.0. The molecule has 2 aromatic heterocycles. The molecule has 0 spiro atoms. The molecular weight excluding hydrogens is 282 g/mol. The number of rotatable bonds is 2. The number of aryl methyl sites for hydroxylation is 1. The third-order valence-electron chi connectivity index (χ3n) is 4.51. The van der Waals surface area contributed by atoms with Gasteiger partial charge in [-0.2, -0.15) is 0 Å². The van der Waals surface area contributed by atoms with Crippen molar-refractivity contribution in [2.24, 2.45) is 25.9 Å². The molecule has 2 atom stereocenters. The van der Waals surface area contributed by atoms with E-state index in [1.54, 1.807) is 13.4 Å². The zero-order valence-corrected chi connectivity index (χ0v) is 13.6. The number of likely N-dealkylation sites (tertiary alicyclic amines) is 1. The average molecular weight is 305 g/mol. The second kappa shape index (κ2) is 5.39. The molecule has 7 nitrogen and oxygen atoms in total. The molecule has 3 rings (SSSR count). The minimum Gasteiger partial charge on any atom is -0.311 e. The molecule has 0 radical (unpaired) electrons. The molecule has 1 aliphatic heterocycles. The van der Waals surface area contributed by atoms with Crippen LogP contribution in [0.5, 0.6) is 0 Å². The number of hydrogen-bond acceptors (Lipinski definition) is 4. The standard InChI is InChI=1S/C15H23N5O2/c1-10-5-11(2)7-19(6-10)9-20-8-16-13-12(20)14(21)18(4)15(22)17(13)3/h8,10-11H,5-7,9H2,1-4H3/t10-,11+. The summed E-state index contributed by atoms with van der Waals surface area (Å²) in [5.74, 6) is 1.32. The van der Waals surface area contributed by atoms with Crippen LogP contribution in [0.2, 0.25) is 0 Å². The highest BCUT2D eigenvalue weighted by Crippen LogP contribution is 2.21. The highest BCUT2D eigenvalue weighted by atomic mass is 16.2. The summed E-state index contributed by atoms with van der Waals surface area (Å²) < 4.78 is 4.43. The Kier molecular flexibility index (Phi) is 3.68. The van der Waals surface area contributed by atoms with Gasteiger partial charge in [-0.15, -0.1) is 0 Å². The maximum atomic E-state index is 12.4. The van der Waals surface area contributed by atoms with E-state index < -0.39 is 0 Å². The summed E-state index contributed by atoms with van der Waals surface area (Å²) >= 11 is 0. The first-order valence-electron chi connectivity index (χ1n) is 7.71. The van der Waals surface area contributed by atoms with E-state index in [0.29, 0.717) is 29.7 Å². The lowest BCUT2D eigenvalue weighted by molar-refractivity contribution is 0.111. The lowest BCUT2D eigenvalue weighted by Gasteiger charge is -2.35. The minimum absolute atomic E-state index is 0.284. The van der Waals surface area contributed by atoms with Gasteiger partial charge in [-0.1, -0.05) is 13.8 Å². The van der Waals surface area contributed by atoms with E-state index in [1.807, 2.05) is 4.57 Å². The van der Waals surface area contributed by atoms with E-state index in [-0.39, 0.29) is 11.2 Å². The van der Waals surface area contributed by atoms with Gasteiger partial charge in [0.25, 0.3) is 5.56 Å². The quantitative estimate of drug-likeness (QED) is 0.804. The zero-order chi connectivity index (χ0) is 16.0. The van der Waals surface area contributed by atoms with E-state index >= 15 is 0 Å². The molecule has 0 saturated carbocycles. The fraction of sp³-hybridized carbons (Fsp3) is 0.667. The summed E-state index contributed by atoms with van der Waals surface area (Å²) in [6.45, 7) is 7.21. The van der Waals surface area contributed by atoms with Crippen molar-refractivity contribution < 1.29 is 0 Å². The van der Waals surface area contributed by atoms with Gasteiger partial charge in [0.05, 0.1) is 13.0 Å². The van der Waals surface area contributed by atoms with Gasteiger partial charge in [-0.3, -0.25) is 18.8 Å². The van der Waals surface area contributed by atoms with Crippen LogP contribution in [-0.4, -0.2) is 36.7 Å². The Bertz CT molecular complexity index is 806. The van der Waals surface area contributed by atoms with Gasteiger partial charge in [0.1, 0.15) is 0 Å². The van der Waals surface area contributed by atoms with E-state index in [9.17, 15) is 9.59 Å². The predicted molar refractivity (Wildman–Crippen MR) is 84.7 cm³/mol. The molecule has 2 aromatic rings. The van der Waals surface area contributed by atoms with E-state index in [4.69, 9.17) is 0 Å². The van der Waals surface area contributed by atoms with Crippen LogP contribution in [-0.2, 0) is 20.8 Å². The van der Waals surface area contributed by atoms with Crippen molar-refractivity contribution in [3.8, 4) is 0 Å². The summed E-state index contributed by atoms with van der Waals surface area (Å²) in [4.78, 5) is 31.0. The molecule has 0 aromatic carbocycles. The lowest BCUT2D eigenvalue weighted by Crippen LogP contribution is -2.41. The number of nitrogens with zero attached hydrogens (tertiary/aromatic N) is 5. The number of imidazole rings is 1. The Labute approximate surface area is 128 Å². The Morgan fingerprint density at radius 3 is 2.41 bits per heavy atom.